The Bertz CT molecular complexity index is 1120. The molecule has 1 amide bonds. The second-order valence-corrected chi connectivity index (χ2v) is 9.24. The smallest absolute Gasteiger partial charge is 0.243 e. The molecule has 1 aliphatic heterocycles. The first-order valence-corrected chi connectivity index (χ1v) is 11.0. The van der Waals surface area contributed by atoms with Gasteiger partial charge in [0.2, 0.25) is 5.91 Å². The number of anilines is 1. The number of fused-ring (bicyclic) bond motifs is 1. The van der Waals surface area contributed by atoms with E-state index in [0.717, 1.165) is 46.0 Å². The number of pyridine rings is 1. The van der Waals surface area contributed by atoms with Crippen molar-refractivity contribution in [2.24, 2.45) is 0 Å². The number of hydrogen-bond acceptors (Lipinski definition) is 6. The van der Waals surface area contributed by atoms with Crippen LogP contribution in [0.15, 0.2) is 36.4 Å². The summed E-state index contributed by atoms with van der Waals surface area (Å²) < 4.78 is 0.948. The van der Waals surface area contributed by atoms with Gasteiger partial charge >= 0.3 is 0 Å². The minimum Gasteiger partial charge on any atom is -0.350 e. The largest absolute Gasteiger partial charge is 0.350 e. The molecule has 30 heavy (non-hydrogen) atoms. The maximum absolute atomic E-state index is 12.9. The SMILES string of the molecule is Cc1nc2nc(N3CCC[C@@H]3C(=O)NCc3ccccc3)sc2cc1C(C)(C)C#N. The summed E-state index contributed by atoms with van der Waals surface area (Å²) in [5.74, 6) is 0.0334. The van der Waals surface area contributed by atoms with Crippen molar-refractivity contribution in [3.63, 3.8) is 0 Å². The zero-order valence-corrected chi connectivity index (χ0v) is 18.3. The van der Waals surface area contributed by atoms with E-state index in [1.165, 1.54) is 0 Å². The van der Waals surface area contributed by atoms with E-state index in [2.05, 4.69) is 21.3 Å². The normalized spacial score (nSPS) is 16.6. The van der Waals surface area contributed by atoms with Gasteiger partial charge in [0.15, 0.2) is 10.8 Å². The molecule has 1 saturated heterocycles. The van der Waals surface area contributed by atoms with Crippen LogP contribution in [-0.2, 0) is 16.8 Å². The average Bonchev–Trinajstić information content (AvgIpc) is 3.38. The molecule has 4 rings (SSSR count). The number of rotatable bonds is 5. The number of hydrogen-bond donors (Lipinski definition) is 1. The van der Waals surface area contributed by atoms with Crippen LogP contribution in [-0.4, -0.2) is 28.5 Å². The van der Waals surface area contributed by atoms with Gasteiger partial charge < -0.3 is 10.2 Å². The lowest BCUT2D eigenvalue weighted by Crippen LogP contribution is -2.43. The number of nitriles is 1. The fourth-order valence-corrected chi connectivity index (χ4v) is 4.95. The highest BCUT2D eigenvalue weighted by Crippen LogP contribution is 2.35. The van der Waals surface area contributed by atoms with E-state index in [1.807, 2.05) is 57.2 Å². The van der Waals surface area contributed by atoms with Crippen LogP contribution in [0, 0.1) is 18.3 Å². The molecule has 3 aromatic rings. The first-order chi connectivity index (χ1) is 14.4. The lowest BCUT2D eigenvalue weighted by Gasteiger charge is -2.23. The lowest BCUT2D eigenvalue weighted by molar-refractivity contribution is -0.122. The van der Waals surface area contributed by atoms with Crippen molar-refractivity contribution < 1.29 is 4.79 Å². The third-order valence-corrected chi connectivity index (χ3v) is 6.65. The number of nitrogens with one attached hydrogen (secondary N) is 1. The summed E-state index contributed by atoms with van der Waals surface area (Å²) in [5, 5.41) is 13.4. The Kier molecular flexibility index (Phi) is 5.44. The fraction of sp³-hybridized carbons (Fsp3) is 0.391. The summed E-state index contributed by atoms with van der Waals surface area (Å²) >= 11 is 1.54. The Hall–Kier alpha value is -2.98. The molecule has 6 nitrogen and oxygen atoms in total. The molecule has 7 heteroatoms. The van der Waals surface area contributed by atoms with Crippen molar-refractivity contribution in [1.29, 1.82) is 5.26 Å². The third-order valence-electron chi connectivity index (χ3n) is 5.63. The molecule has 1 atom stereocenters. The summed E-state index contributed by atoms with van der Waals surface area (Å²) in [6, 6.07) is 14.1. The molecule has 0 saturated carbocycles. The Morgan fingerprint density at radius 3 is 2.83 bits per heavy atom. The first-order valence-electron chi connectivity index (χ1n) is 10.2. The predicted octanol–water partition coefficient (Wildman–Crippen LogP) is 4.09. The van der Waals surface area contributed by atoms with E-state index in [4.69, 9.17) is 4.98 Å². The topological polar surface area (TPSA) is 81.9 Å². The minimum atomic E-state index is -0.608. The maximum atomic E-state index is 12.9. The van der Waals surface area contributed by atoms with Gasteiger partial charge in [0, 0.05) is 18.8 Å². The van der Waals surface area contributed by atoms with Crippen LogP contribution >= 0.6 is 11.3 Å². The highest BCUT2D eigenvalue weighted by molar-refractivity contribution is 7.22. The van der Waals surface area contributed by atoms with E-state index in [9.17, 15) is 10.1 Å². The summed E-state index contributed by atoms with van der Waals surface area (Å²) in [6.45, 7) is 7.05. The molecule has 0 bridgehead atoms. The minimum absolute atomic E-state index is 0.0334. The number of thiazole rings is 1. The molecule has 0 aliphatic carbocycles. The number of amides is 1. The molecule has 1 aromatic carbocycles. The van der Waals surface area contributed by atoms with Gasteiger partial charge in [-0.2, -0.15) is 10.2 Å². The van der Waals surface area contributed by atoms with Crippen LogP contribution in [0.5, 0.6) is 0 Å². The van der Waals surface area contributed by atoms with E-state index in [0.29, 0.717) is 12.2 Å². The Balaban J connectivity index is 1.56. The van der Waals surface area contributed by atoms with Crippen molar-refractivity contribution in [2.45, 2.75) is 51.6 Å². The van der Waals surface area contributed by atoms with Crippen LogP contribution in [0.2, 0.25) is 0 Å². The number of carbonyl (C=O) groups is 1. The highest BCUT2D eigenvalue weighted by Gasteiger charge is 2.33. The molecular weight excluding hydrogens is 394 g/mol. The highest BCUT2D eigenvalue weighted by atomic mass is 32.1. The predicted molar refractivity (Wildman–Crippen MR) is 119 cm³/mol. The van der Waals surface area contributed by atoms with Gasteiger partial charge in [-0.15, -0.1) is 0 Å². The zero-order valence-electron chi connectivity index (χ0n) is 17.5. The summed E-state index contributed by atoms with van der Waals surface area (Å²) in [7, 11) is 0. The van der Waals surface area contributed by atoms with Gasteiger partial charge in [0.25, 0.3) is 0 Å². The van der Waals surface area contributed by atoms with E-state index in [-0.39, 0.29) is 11.9 Å². The van der Waals surface area contributed by atoms with Gasteiger partial charge in [0.05, 0.1) is 16.2 Å². The Morgan fingerprint density at radius 1 is 1.33 bits per heavy atom. The van der Waals surface area contributed by atoms with Gasteiger partial charge in [-0.1, -0.05) is 41.7 Å². The average molecular weight is 420 g/mol. The number of aromatic nitrogens is 2. The van der Waals surface area contributed by atoms with Crippen molar-refractivity contribution in [3.8, 4) is 6.07 Å². The molecule has 2 aromatic heterocycles. The van der Waals surface area contributed by atoms with E-state index >= 15 is 0 Å². The van der Waals surface area contributed by atoms with Gasteiger partial charge in [-0.3, -0.25) is 4.79 Å². The fourth-order valence-electron chi connectivity index (χ4n) is 3.93. The van der Waals surface area contributed by atoms with Crippen molar-refractivity contribution >= 4 is 32.7 Å². The van der Waals surface area contributed by atoms with Crippen molar-refractivity contribution in [3.05, 3.63) is 53.2 Å². The molecule has 154 valence electrons. The maximum Gasteiger partial charge on any atom is 0.243 e. The van der Waals surface area contributed by atoms with Gasteiger partial charge in [0.1, 0.15) is 6.04 Å². The van der Waals surface area contributed by atoms with Crippen molar-refractivity contribution in [2.75, 3.05) is 11.4 Å². The molecule has 0 unspecified atom stereocenters. The quantitative estimate of drug-likeness (QED) is 0.674. The molecule has 0 spiro atoms. The van der Waals surface area contributed by atoms with E-state index in [1.54, 1.807) is 11.3 Å². The molecular formula is C23H25N5OS. The first kappa shape index (κ1) is 20.3. The second kappa shape index (κ2) is 8.04. The standard InChI is InChI=1S/C23H25N5OS/c1-15-17(23(2,3)14-24)12-19-20(26-15)27-22(30-19)28-11-7-10-18(28)21(29)25-13-16-8-5-4-6-9-16/h4-6,8-9,12,18H,7,10-11,13H2,1-3H3,(H,25,29)/t18-/m1/s1. The number of aryl methyl sites for hydroxylation is 1. The third kappa shape index (κ3) is 3.88. The second-order valence-electron chi connectivity index (χ2n) is 8.23. The van der Waals surface area contributed by atoms with Crippen molar-refractivity contribution in [1.82, 2.24) is 15.3 Å². The van der Waals surface area contributed by atoms with E-state index < -0.39 is 5.41 Å². The molecule has 3 heterocycles. The summed E-state index contributed by atoms with van der Waals surface area (Å²) in [4.78, 5) is 24.3. The molecule has 0 radical (unpaired) electrons. The Labute approximate surface area is 180 Å². The van der Waals surface area contributed by atoms with Gasteiger partial charge in [-0.05, 0) is 50.8 Å². The number of benzene rings is 1. The van der Waals surface area contributed by atoms with Crippen LogP contribution in [0.4, 0.5) is 5.13 Å². The zero-order chi connectivity index (χ0) is 21.3. The lowest BCUT2D eigenvalue weighted by atomic mass is 9.85. The number of carbonyl (C=O) groups excluding carboxylic acids is 1. The van der Waals surface area contributed by atoms with Crippen LogP contribution in [0.3, 0.4) is 0 Å². The molecule has 1 aliphatic rings. The monoisotopic (exact) mass is 419 g/mol. The Morgan fingerprint density at radius 2 is 2.10 bits per heavy atom. The molecule has 1 fully saturated rings. The van der Waals surface area contributed by atoms with Crippen LogP contribution < -0.4 is 10.2 Å². The van der Waals surface area contributed by atoms with Gasteiger partial charge in [-0.25, -0.2) is 4.98 Å². The number of nitrogens with zero attached hydrogens (tertiary/aromatic N) is 4. The summed E-state index contributed by atoms with van der Waals surface area (Å²) in [5.41, 5.74) is 2.90. The molecule has 1 N–H and O–H groups in total. The van der Waals surface area contributed by atoms with Crippen LogP contribution in [0.25, 0.3) is 10.3 Å². The summed E-state index contributed by atoms with van der Waals surface area (Å²) in [6.07, 6.45) is 1.77. The van der Waals surface area contributed by atoms with Crippen LogP contribution in [0.1, 0.15) is 43.5 Å².